The molecule has 1 unspecified atom stereocenters. The van der Waals surface area contributed by atoms with E-state index in [1.54, 1.807) is 10.8 Å². The van der Waals surface area contributed by atoms with Gasteiger partial charge >= 0.3 is 12.3 Å². The molecule has 1 amide bonds. The van der Waals surface area contributed by atoms with Crippen LogP contribution in [0.2, 0.25) is 0 Å². The summed E-state index contributed by atoms with van der Waals surface area (Å²) < 4.78 is 41.3. The van der Waals surface area contributed by atoms with Crippen LogP contribution in [-0.2, 0) is 12.7 Å². The summed E-state index contributed by atoms with van der Waals surface area (Å²) in [5.41, 5.74) is 0.146. The second-order valence-electron chi connectivity index (χ2n) is 9.41. The van der Waals surface area contributed by atoms with Crippen LogP contribution in [0.4, 0.5) is 35.5 Å². The van der Waals surface area contributed by atoms with Crippen LogP contribution in [0, 0.1) is 5.92 Å². The van der Waals surface area contributed by atoms with Gasteiger partial charge in [-0.25, -0.2) is 14.8 Å². The lowest BCUT2D eigenvalue weighted by atomic mass is 10.1. The molecule has 1 atom stereocenters. The Balaban J connectivity index is 1.71. The molecule has 182 valence electrons. The molecular formula is C22H26F3N7O2. The highest BCUT2D eigenvalue weighted by molar-refractivity contribution is 5.76. The molecule has 0 radical (unpaired) electrons. The number of aromatic nitrogens is 4. The highest BCUT2D eigenvalue weighted by Crippen LogP contribution is 2.32. The summed E-state index contributed by atoms with van der Waals surface area (Å²) in [6.07, 6.45) is -3.23. The number of halogens is 3. The molecule has 1 aliphatic heterocycles. The third kappa shape index (κ3) is 5.32. The van der Waals surface area contributed by atoms with Gasteiger partial charge in [-0.05, 0) is 51.3 Å². The topological polar surface area (TPSA) is 108 Å². The maximum absolute atomic E-state index is 13.2. The minimum absolute atomic E-state index is 0.00421. The molecule has 34 heavy (non-hydrogen) atoms. The average Bonchev–Trinajstić information content (AvgIpc) is 3.32. The Hall–Kier alpha value is -3.57. The number of nitrogens with zero attached hydrogens (tertiary/aromatic N) is 5. The van der Waals surface area contributed by atoms with E-state index in [1.807, 2.05) is 20.8 Å². The lowest BCUT2D eigenvalue weighted by Gasteiger charge is -2.20. The van der Waals surface area contributed by atoms with Gasteiger partial charge in [-0.1, -0.05) is 6.07 Å². The number of amides is 1. The molecule has 0 spiro atoms. The van der Waals surface area contributed by atoms with Crippen LogP contribution in [0.15, 0.2) is 30.5 Å². The fourth-order valence-electron chi connectivity index (χ4n) is 3.90. The number of likely N-dealkylation sites (tertiary alicyclic amines) is 1. The van der Waals surface area contributed by atoms with Crippen molar-refractivity contribution in [1.82, 2.24) is 24.4 Å². The van der Waals surface area contributed by atoms with E-state index in [2.05, 4.69) is 25.6 Å². The minimum atomic E-state index is -4.47. The van der Waals surface area contributed by atoms with Gasteiger partial charge in [-0.15, -0.1) is 0 Å². The maximum atomic E-state index is 13.2. The number of fused-ring (bicyclic) bond motifs is 1. The fraction of sp³-hybridized carbons (Fsp3) is 0.455. The van der Waals surface area contributed by atoms with Crippen molar-refractivity contribution >= 4 is 34.8 Å². The molecule has 3 aromatic rings. The number of hydrogen-bond donors (Lipinski definition) is 3. The van der Waals surface area contributed by atoms with Gasteiger partial charge in [-0.2, -0.15) is 18.2 Å². The van der Waals surface area contributed by atoms with Crippen LogP contribution in [0.25, 0.3) is 11.2 Å². The van der Waals surface area contributed by atoms with E-state index in [4.69, 9.17) is 0 Å². The largest absolute Gasteiger partial charge is 0.465 e. The molecule has 2 aromatic heterocycles. The van der Waals surface area contributed by atoms with Crippen molar-refractivity contribution in [3.8, 4) is 0 Å². The van der Waals surface area contributed by atoms with Gasteiger partial charge in [0.2, 0.25) is 11.9 Å². The zero-order valence-electron chi connectivity index (χ0n) is 19.0. The van der Waals surface area contributed by atoms with E-state index < -0.39 is 17.8 Å². The first-order valence-electron chi connectivity index (χ1n) is 10.8. The summed E-state index contributed by atoms with van der Waals surface area (Å²) in [4.78, 5) is 26.1. The second-order valence-corrected chi connectivity index (χ2v) is 9.41. The molecule has 9 nitrogen and oxygen atoms in total. The van der Waals surface area contributed by atoms with Crippen LogP contribution in [0.1, 0.15) is 32.8 Å². The summed E-state index contributed by atoms with van der Waals surface area (Å²) in [7, 11) is 0. The minimum Gasteiger partial charge on any atom is -0.465 e. The third-order valence-electron chi connectivity index (χ3n) is 5.42. The van der Waals surface area contributed by atoms with Crippen molar-refractivity contribution in [3.63, 3.8) is 0 Å². The molecule has 1 saturated heterocycles. The molecule has 3 heterocycles. The number of imidazole rings is 1. The molecule has 0 aliphatic carbocycles. The number of carbonyl (C=O) groups is 1. The number of rotatable bonds is 5. The van der Waals surface area contributed by atoms with Gasteiger partial charge < -0.3 is 20.6 Å². The lowest BCUT2D eigenvalue weighted by molar-refractivity contribution is -0.137. The molecule has 1 aromatic carbocycles. The van der Waals surface area contributed by atoms with Crippen LogP contribution in [0.3, 0.4) is 0 Å². The summed E-state index contributed by atoms with van der Waals surface area (Å²) in [6.45, 7) is 7.09. The van der Waals surface area contributed by atoms with Crippen molar-refractivity contribution in [2.75, 3.05) is 23.7 Å². The molecule has 1 fully saturated rings. The van der Waals surface area contributed by atoms with E-state index in [0.717, 1.165) is 12.1 Å². The van der Waals surface area contributed by atoms with E-state index >= 15 is 0 Å². The normalized spacial score (nSPS) is 16.8. The summed E-state index contributed by atoms with van der Waals surface area (Å²) in [5.74, 6) is 0.709. The number of benzene rings is 1. The predicted octanol–water partition coefficient (Wildman–Crippen LogP) is 4.80. The number of anilines is 3. The van der Waals surface area contributed by atoms with Crippen LogP contribution < -0.4 is 10.6 Å². The van der Waals surface area contributed by atoms with E-state index in [-0.39, 0.29) is 17.1 Å². The first kappa shape index (κ1) is 23.6. The number of hydrogen-bond acceptors (Lipinski definition) is 6. The molecule has 4 rings (SSSR count). The number of carboxylic acid groups (broad SMARTS) is 1. The Morgan fingerprint density at radius 2 is 2.00 bits per heavy atom. The highest BCUT2D eigenvalue weighted by atomic mass is 19.4. The molecule has 12 heteroatoms. The Kier molecular flexibility index (Phi) is 6.00. The SMILES string of the molecule is CC(C)(C)Nc1ncc2nc(Nc3cccc(C(F)(F)F)c3)n(CC3CCN(C(=O)O)C3)c2n1. The van der Waals surface area contributed by atoms with Crippen molar-refractivity contribution in [3.05, 3.63) is 36.0 Å². The zero-order chi connectivity index (χ0) is 24.7. The molecular weight excluding hydrogens is 451 g/mol. The first-order chi connectivity index (χ1) is 15.9. The molecule has 1 aliphatic rings. The second kappa shape index (κ2) is 8.65. The van der Waals surface area contributed by atoms with Gasteiger partial charge in [0.15, 0.2) is 5.65 Å². The van der Waals surface area contributed by atoms with Crippen molar-refractivity contribution in [1.29, 1.82) is 0 Å². The third-order valence-corrected chi connectivity index (χ3v) is 5.42. The van der Waals surface area contributed by atoms with Gasteiger partial charge in [0, 0.05) is 30.9 Å². The quantitative estimate of drug-likeness (QED) is 0.484. The molecule has 3 N–H and O–H groups in total. The number of nitrogens with one attached hydrogen (secondary N) is 2. The predicted molar refractivity (Wildman–Crippen MR) is 121 cm³/mol. The smallest absolute Gasteiger partial charge is 0.416 e. The zero-order valence-corrected chi connectivity index (χ0v) is 19.0. The van der Waals surface area contributed by atoms with Crippen molar-refractivity contribution < 1.29 is 23.1 Å². The fourth-order valence-corrected chi connectivity index (χ4v) is 3.90. The average molecular weight is 477 g/mol. The lowest BCUT2D eigenvalue weighted by Crippen LogP contribution is -2.28. The summed E-state index contributed by atoms with van der Waals surface area (Å²) in [6, 6.07) is 4.87. The standard InChI is InChI=1S/C22H26F3N7O2/c1-21(2,3)30-18-26-10-16-17(29-18)32(12-13-7-8-31(11-13)20(33)34)19(28-16)27-15-6-4-5-14(9-15)22(23,24)25/h4-6,9-10,13H,7-8,11-12H2,1-3H3,(H,27,28)(H,33,34)(H,26,29,30). The van der Waals surface area contributed by atoms with Crippen molar-refractivity contribution in [2.24, 2.45) is 5.92 Å². The summed E-state index contributed by atoms with van der Waals surface area (Å²) in [5, 5.41) is 15.5. The van der Waals surface area contributed by atoms with Crippen LogP contribution in [-0.4, -0.2) is 54.2 Å². The molecule has 0 bridgehead atoms. The van der Waals surface area contributed by atoms with E-state index in [0.29, 0.717) is 49.1 Å². The number of alkyl halides is 3. The monoisotopic (exact) mass is 477 g/mol. The van der Waals surface area contributed by atoms with Gasteiger partial charge in [-0.3, -0.25) is 4.57 Å². The summed E-state index contributed by atoms with van der Waals surface area (Å²) >= 11 is 0. The Bertz CT molecular complexity index is 1200. The van der Waals surface area contributed by atoms with Gasteiger partial charge in [0.25, 0.3) is 0 Å². The maximum Gasteiger partial charge on any atom is 0.416 e. The Morgan fingerprint density at radius 3 is 2.65 bits per heavy atom. The highest BCUT2D eigenvalue weighted by Gasteiger charge is 2.31. The molecule has 0 saturated carbocycles. The van der Waals surface area contributed by atoms with Crippen molar-refractivity contribution in [2.45, 2.75) is 45.5 Å². The van der Waals surface area contributed by atoms with Crippen LogP contribution in [0.5, 0.6) is 0 Å². The van der Waals surface area contributed by atoms with Crippen LogP contribution >= 0.6 is 0 Å². The Morgan fingerprint density at radius 1 is 1.24 bits per heavy atom. The van der Waals surface area contributed by atoms with Gasteiger partial charge in [0.1, 0.15) is 5.52 Å². The van der Waals surface area contributed by atoms with E-state index in [9.17, 15) is 23.1 Å². The van der Waals surface area contributed by atoms with E-state index in [1.165, 1.54) is 17.0 Å². The Labute approximate surface area is 194 Å². The van der Waals surface area contributed by atoms with Gasteiger partial charge in [0.05, 0.1) is 11.8 Å². The first-order valence-corrected chi connectivity index (χ1v) is 10.8.